The third-order valence-electron chi connectivity index (χ3n) is 7.63. The molecule has 1 heterocycles. The molecule has 0 aliphatic carbocycles. The molecule has 11 heteroatoms. The number of aliphatic hydroxyl groups excluding tert-OH is 1. The highest BCUT2D eigenvalue weighted by Gasteiger charge is 2.20. The summed E-state index contributed by atoms with van der Waals surface area (Å²) in [4.78, 5) is 30.8. The molecule has 6 N–H and O–H groups in total. The number of ether oxygens (including phenoxy) is 2. The SMILES string of the molecule is Cc1nc(-c2ccc(C[C@H](N)C(=O)OCC(O)CN(CCOc3ccc(O)c(C(N)=O)c3)Cc3ccccc3)cc2)n(C)c1C. The number of carbonyl (C=O) groups is 2. The van der Waals surface area contributed by atoms with Crippen molar-refractivity contribution in [2.24, 2.45) is 18.5 Å². The van der Waals surface area contributed by atoms with E-state index in [1.165, 1.54) is 18.2 Å². The fourth-order valence-corrected chi connectivity index (χ4v) is 4.91. The fourth-order valence-electron chi connectivity index (χ4n) is 4.91. The van der Waals surface area contributed by atoms with E-state index in [0.29, 0.717) is 25.3 Å². The Balaban J connectivity index is 1.28. The zero-order valence-corrected chi connectivity index (χ0v) is 25.8. The maximum absolute atomic E-state index is 12.7. The summed E-state index contributed by atoms with van der Waals surface area (Å²) < 4.78 is 13.2. The molecule has 0 spiro atoms. The van der Waals surface area contributed by atoms with Gasteiger partial charge in [-0.15, -0.1) is 0 Å². The van der Waals surface area contributed by atoms with E-state index in [4.69, 9.17) is 20.9 Å². The monoisotopic (exact) mass is 615 g/mol. The molecule has 0 aliphatic rings. The van der Waals surface area contributed by atoms with Gasteiger partial charge in [0, 0.05) is 37.9 Å². The summed E-state index contributed by atoms with van der Waals surface area (Å²) in [7, 11) is 1.98. The Labute approximate surface area is 263 Å². The third-order valence-corrected chi connectivity index (χ3v) is 7.63. The molecule has 0 radical (unpaired) electrons. The van der Waals surface area contributed by atoms with E-state index < -0.39 is 24.0 Å². The second-order valence-electron chi connectivity index (χ2n) is 11.1. The van der Waals surface area contributed by atoms with Gasteiger partial charge in [0.2, 0.25) is 0 Å². The number of primary amides is 1. The molecular formula is C34H41N5O6. The first kappa shape index (κ1) is 33.2. The van der Waals surface area contributed by atoms with Gasteiger partial charge in [0.25, 0.3) is 5.91 Å². The molecule has 4 rings (SSSR count). The number of nitrogens with two attached hydrogens (primary N) is 2. The lowest BCUT2D eigenvalue weighted by atomic mass is 10.0. The van der Waals surface area contributed by atoms with Gasteiger partial charge in [-0.3, -0.25) is 14.5 Å². The van der Waals surface area contributed by atoms with Crippen molar-refractivity contribution >= 4 is 11.9 Å². The minimum Gasteiger partial charge on any atom is -0.507 e. The number of esters is 1. The van der Waals surface area contributed by atoms with Gasteiger partial charge in [0.15, 0.2) is 0 Å². The average molecular weight is 616 g/mol. The van der Waals surface area contributed by atoms with Crippen molar-refractivity contribution in [1.82, 2.24) is 14.5 Å². The number of carbonyl (C=O) groups excluding carboxylic acids is 2. The quantitative estimate of drug-likeness (QED) is 0.147. The zero-order chi connectivity index (χ0) is 32.5. The molecule has 238 valence electrons. The average Bonchev–Trinajstić information content (AvgIpc) is 3.28. The first-order valence-electron chi connectivity index (χ1n) is 14.7. The van der Waals surface area contributed by atoms with Crippen LogP contribution in [0.2, 0.25) is 0 Å². The van der Waals surface area contributed by atoms with Crippen molar-refractivity contribution in [3.63, 3.8) is 0 Å². The van der Waals surface area contributed by atoms with E-state index in [-0.39, 0.29) is 31.1 Å². The molecule has 1 aromatic heterocycles. The Morgan fingerprint density at radius 3 is 2.38 bits per heavy atom. The van der Waals surface area contributed by atoms with Crippen LogP contribution in [0.15, 0.2) is 72.8 Å². The van der Waals surface area contributed by atoms with Crippen LogP contribution in [0.3, 0.4) is 0 Å². The van der Waals surface area contributed by atoms with Crippen molar-refractivity contribution < 1.29 is 29.3 Å². The Bertz CT molecular complexity index is 1590. The number of benzene rings is 3. The van der Waals surface area contributed by atoms with Gasteiger partial charge in [-0.05, 0) is 49.6 Å². The van der Waals surface area contributed by atoms with Crippen LogP contribution >= 0.6 is 0 Å². The largest absolute Gasteiger partial charge is 0.507 e. The van der Waals surface area contributed by atoms with E-state index in [0.717, 1.165) is 33.9 Å². The smallest absolute Gasteiger partial charge is 0.323 e. The minimum atomic E-state index is -0.969. The first-order valence-corrected chi connectivity index (χ1v) is 14.7. The van der Waals surface area contributed by atoms with Crippen LogP contribution in [0.25, 0.3) is 11.4 Å². The Kier molecular flexibility index (Phi) is 11.3. The Morgan fingerprint density at radius 2 is 1.73 bits per heavy atom. The number of aromatic hydroxyl groups is 1. The number of rotatable bonds is 15. The van der Waals surface area contributed by atoms with Crippen LogP contribution in [0.1, 0.15) is 32.9 Å². The fraction of sp³-hybridized carbons (Fsp3) is 0.324. The maximum Gasteiger partial charge on any atom is 0.323 e. The minimum absolute atomic E-state index is 0.0318. The van der Waals surface area contributed by atoms with Gasteiger partial charge < -0.3 is 35.7 Å². The van der Waals surface area contributed by atoms with E-state index >= 15 is 0 Å². The lowest BCUT2D eigenvalue weighted by Gasteiger charge is -2.25. The van der Waals surface area contributed by atoms with Gasteiger partial charge in [-0.25, -0.2) is 4.98 Å². The van der Waals surface area contributed by atoms with Crippen LogP contribution in [-0.4, -0.2) is 75.0 Å². The number of amides is 1. The van der Waals surface area contributed by atoms with E-state index in [9.17, 15) is 19.8 Å². The maximum atomic E-state index is 12.7. The lowest BCUT2D eigenvalue weighted by Crippen LogP contribution is -2.40. The van der Waals surface area contributed by atoms with Gasteiger partial charge in [-0.2, -0.15) is 0 Å². The van der Waals surface area contributed by atoms with E-state index in [2.05, 4.69) is 4.98 Å². The molecule has 3 aromatic carbocycles. The summed E-state index contributed by atoms with van der Waals surface area (Å²) in [5.41, 5.74) is 16.4. The van der Waals surface area contributed by atoms with Gasteiger partial charge in [0.1, 0.15) is 42.7 Å². The van der Waals surface area contributed by atoms with Crippen molar-refractivity contribution in [3.05, 3.63) is 101 Å². The van der Waals surface area contributed by atoms with Crippen LogP contribution in [0.5, 0.6) is 11.5 Å². The molecule has 2 atom stereocenters. The summed E-state index contributed by atoms with van der Waals surface area (Å²) in [5.74, 6) is -0.323. The predicted molar refractivity (Wildman–Crippen MR) is 171 cm³/mol. The number of imidazole rings is 1. The molecule has 0 saturated heterocycles. The molecule has 0 saturated carbocycles. The van der Waals surface area contributed by atoms with Crippen molar-refractivity contribution in [3.8, 4) is 22.9 Å². The molecule has 0 fully saturated rings. The number of hydrogen-bond acceptors (Lipinski definition) is 9. The van der Waals surface area contributed by atoms with Gasteiger partial charge in [0.05, 0.1) is 11.3 Å². The van der Waals surface area contributed by atoms with Crippen LogP contribution in [0, 0.1) is 13.8 Å². The Morgan fingerprint density at radius 1 is 1.02 bits per heavy atom. The molecule has 4 aromatic rings. The number of aryl methyl sites for hydroxylation is 1. The predicted octanol–water partition coefficient (Wildman–Crippen LogP) is 2.86. The van der Waals surface area contributed by atoms with Crippen LogP contribution < -0.4 is 16.2 Å². The molecule has 0 aliphatic heterocycles. The first-order chi connectivity index (χ1) is 21.5. The van der Waals surface area contributed by atoms with Crippen molar-refractivity contribution in [2.75, 3.05) is 26.3 Å². The second kappa shape index (κ2) is 15.3. The van der Waals surface area contributed by atoms with Crippen LogP contribution in [0.4, 0.5) is 0 Å². The Hall–Kier alpha value is -4.71. The third kappa shape index (κ3) is 9.15. The number of phenols is 1. The summed E-state index contributed by atoms with van der Waals surface area (Å²) in [6.45, 7) is 5.16. The number of aliphatic hydroxyl groups is 1. The molecule has 0 bridgehead atoms. The van der Waals surface area contributed by atoms with Gasteiger partial charge in [-0.1, -0.05) is 54.6 Å². The molecular weight excluding hydrogens is 574 g/mol. The highest BCUT2D eigenvalue weighted by Crippen LogP contribution is 2.23. The lowest BCUT2D eigenvalue weighted by molar-refractivity contribution is -0.148. The summed E-state index contributed by atoms with van der Waals surface area (Å²) >= 11 is 0. The number of nitrogens with zero attached hydrogens (tertiary/aromatic N) is 3. The molecule has 45 heavy (non-hydrogen) atoms. The van der Waals surface area contributed by atoms with Crippen molar-refractivity contribution in [1.29, 1.82) is 0 Å². The normalized spacial score (nSPS) is 12.6. The van der Waals surface area contributed by atoms with Crippen LogP contribution in [-0.2, 0) is 29.5 Å². The standard InChI is InChI=1S/C34H41N5O6/c1-22-23(2)38(3)33(37-22)26-11-9-24(10-12-26)17-30(35)34(43)45-21-27(40)20-39(19-25-7-5-4-6-8-25)15-16-44-28-13-14-31(41)29(18-28)32(36)42/h4-14,18,27,30,40-41H,15-17,19-21,35H2,1-3H3,(H2,36,42)/t27?,30-/m0/s1. The topological polar surface area (TPSA) is 166 Å². The summed E-state index contributed by atoms with van der Waals surface area (Å²) in [6, 6.07) is 20.9. The number of aromatic nitrogens is 2. The second-order valence-corrected chi connectivity index (χ2v) is 11.1. The van der Waals surface area contributed by atoms with E-state index in [1.54, 1.807) is 0 Å². The summed E-state index contributed by atoms with van der Waals surface area (Å²) in [5, 5.41) is 20.6. The van der Waals surface area contributed by atoms with Crippen molar-refractivity contribution in [2.45, 2.75) is 39.0 Å². The highest BCUT2D eigenvalue weighted by molar-refractivity contribution is 5.95. The highest BCUT2D eigenvalue weighted by atomic mass is 16.5. The summed E-state index contributed by atoms with van der Waals surface area (Å²) in [6.07, 6.45) is -0.677. The zero-order valence-electron chi connectivity index (χ0n) is 25.8. The molecule has 1 amide bonds. The molecule has 1 unspecified atom stereocenters. The molecule has 11 nitrogen and oxygen atoms in total. The number of hydrogen-bond donors (Lipinski definition) is 4. The van der Waals surface area contributed by atoms with E-state index in [1.807, 2.05) is 85.0 Å². The van der Waals surface area contributed by atoms with Gasteiger partial charge >= 0.3 is 5.97 Å².